The van der Waals surface area contributed by atoms with Crippen molar-refractivity contribution in [1.29, 1.82) is 0 Å². The summed E-state index contributed by atoms with van der Waals surface area (Å²) < 4.78 is 14.1. The number of hydrogen-bond acceptors (Lipinski definition) is 3. The summed E-state index contributed by atoms with van der Waals surface area (Å²) in [5.74, 6) is -1.34. The summed E-state index contributed by atoms with van der Waals surface area (Å²) in [6.07, 6.45) is 1.22. The molecular weight excluding hydrogens is 317 g/mol. The molecule has 0 fully saturated rings. The molecule has 0 saturated carbocycles. The third kappa shape index (κ3) is 4.20. The van der Waals surface area contributed by atoms with Gasteiger partial charge in [0.15, 0.2) is 5.84 Å². The van der Waals surface area contributed by atoms with Crippen LogP contribution in [-0.4, -0.2) is 23.0 Å². The van der Waals surface area contributed by atoms with Gasteiger partial charge >= 0.3 is 0 Å². The first-order valence-corrected chi connectivity index (χ1v) is 6.52. The largest absolute Gasteiger partial charge is 0.409 e. The van der Waals surface area contributed by atoms with E-state index in [2.05, 4.69) is 26.4 Å². The predicted octanol–water partition coefficient (Wildman–Crippen LogP) is 2.23. The molecule has 7 heteroatoms. The lowest BCUT2D eigenvalue weighted by molar-refractivity contribution is 0.0940. The highest BCUT2D eigenvalue weighted by molar-refractivity contribution is 9.10. The number of benzene rings is 1. The second kappa shape index (κ2) is 7.08. The van der Waals surface area contributed by atoms with E-state index in [4.69, 9.17) is 10.9 Å². The molecule has 1 atom stereocenters. The van der Waals surface area contributed by atoms with Crippen molar-refractivity contribution in [3.05, 3.63) is 34.1 Å². The first-order chi connectivity index (χ1) is 8.99. The van der Waals surface area contributed by atoms with Crippen LogP contribution in [0.25, 0.3) is 0 Å². The zero-order valence-electron chi connectivity index (χ0n) is 10.4. The summed E-state index contributed by atoms with van der Waals surface area (Å²) in [7, 11) is 0. The van der Waals surface area contributed by atoms with Crippen LogP contribution in [0, 0.1) is 5.82 Å². The maximum atomic E-state index is 13.5. The Kier molecular flexibility index (Phi) is 5.75. The molecule has 0 aliphatic rings. The Balaban J connectivity index is 2.90. The van der Waals surface area contributed by atoms with Crippen LogP contribution in [0.4, 0.5) is 4.39 Å². The molecule has 0 saturated heterocycles. The van der Waals surface area contributed by atoms with E-state index in [0.29, 0.717) is 10.9 Å². The third-order valence-corrected chi connectivity index (χ3v) is 3.02. The summed E-state index contributed by atoms with van der Waals surface area (Å²) in [5, 5.41) is 14.1. The van der Waals surface area contributed by atoms with Crippen molar-refractivity contribution in [3.8, 4) is 0 Å². The lowest BCUT2D eigenvalue weighted by Crippen LogP contribution is -2.44. The van der Waals surface area contributed by atoms with Gasteiger partial charge in [-0.1, -0.05) is 34.4 Å². The van der Waals surface area contributed by atoms with E-state index in [1.165, 1.54) is 18.2 Å². The van der Waals surface area contributed by atoms with Gasteiger partial charge in [0.25, 0.3) is 5.91 Å². The number of halogens is 2. The minimum Gasteiger partial charge on any atom is -0.409 e. The maximum Gasteiger partial charge on any atom is 0.254 e. The third-order valence-electron chi connectivity index (χ3n) is 2.53. The number of amides is 1. The molecule has 19 heavy (non-hydrogen) atoms. The molecule has 0 aliphatic carbocycles. The average Bonchev–Trinajstić information content (AvgIpc) is 2.40. The quantitative estimate of drug-likeness (QED) is 0.334. The zero-order chi connectivity index (χ0) is 14.4. The second-order valence-corrected chi connectivity index (χ2v) is 4.88. The molecule has 0 aromatic heterocycles. The van der Waals surface area contributed by atoms with E-state index in [1.807, 2.05) is 6.92 Å². The molecule has 1 amide bonds. The number of carbonyl (C=O) groups excluding carboxylic acids is 1. The van der Waals surface area contributed by atoms with E-state index in [-0.39, 0.29) is 11.4 Å². The SMILES string of the molecule is CCCC(NC(=O)c1cc(Br)ccc1F)/C(N)=N/O. The summed E-state index contributed by atoms with van der Waals surface area (Å²) in [5.41, 5.74) is 5.38. The van der Waals surface area contributed by atoms with Crippen molar-refractivity contribution >= 4 is 27.7 Å². The van der Waals surface area contributed by atoms with Crippen molar-refractivity contribution in [2.24, 2.45) is 10.9 Å². The summed E-state index contributed by atoms with van der Waals surface area (Å²) in [4.78, 5) is 12.0. The van der Waals surface area contributed by atoms with E-state index in [0.717, 1.165) is 6.42 Å². The van der Waals surface area contributed by atoms with Crippen LogP contribution in [0.1, 0.15) is 30.1 Å². The molecule has 1 rings (SSSR count). The van der Waals surface area contributed by atoms with E-state index < -0.39 is 17.8 Å². The van der Waals surface area contributed by atoms with Crippen molar-refractivity contribution in [3.63, 3.8) is 0 Å². The molecule has 0 spiro atoms. The van der Waals surface area contributed by atoms with E-state index in [1.54, 1.807) is 0 Å². The lowest BCUT2D eigenvalue weighted by Gasteiger charge is -2.16. The van der Waals surface area contributed by atoms with Gasteiger partial charge in [-0.2, -0.15) is 0 Å². The molecule has 0 aliphatic heterocycles. The Morgan fingerprint density at radius 2 is 2.32 bits per heavy atom. The standard InChI is InChI=1S/C12H15BrFN3O2/c1-2-3-10(11(15)17-19)16-12(18)8-6-7(13)4-5-9(8)14/h4-6,10,19H,2-3H2,1H3,(H2,15,17)(H,16,18). The van der Waals surface area contributed by atoms with E-state index in [9.17, 15) is 9.18 Å². The molecule has 104 valence electrons. The molecule has 4 N–H and O–H groups in total. The number of nitrogens with two attached hydrogens (primary N) is 1. The highest BCUT2D eigenvalue weighted by Crippen LogP contribution is 2.15. The van der Waals surface area contributed by atoms with Gasteiger partial charge in [0.1, 0.15) is 5.82 Å². The summed E-state index contributed by atoms with van der Waals surface area (Å²) in [6.45, 7) is 1.89. The summed E-state index contributed by atoms with van der Waals surface area (Å²) >= 11 is 3.17. The highest BCUT2D eigenvalue weighted by Gasteiger charge is 2.19. The van der Waals surface area contributed by atoms with Crippen LogP contribution in [0.3, 0.4) is 0 Å². The van der Waals surface area contributed by atoms with Gasteiger partial charge in [-0.25, -0.2) is 4.39 Å². The first-order valence-electron chi connectivity index (χ1n) is 5.73. The number of nitrogens with one attached hydrogen (secondary N) is 1. The highest BCUT2D eigenvalue weighted by atomic mass is 79.9. The van der Waals surface area contributed by atoms with Gasteiger partial charge in [-0.3, -0.25) is 4.79 Å². The Morgan fingerprint density at radius 3 is 2.89 bits per heavy atom. The molecule has 0 bridgehead atoms. The Bertz CT molecular complexity index is 494. The normalized spacial score (nSPS) is 13.1. The topological polar surface area (TPSA) is 87.7 Å². The fourth-order valence-corrected chi connectivity index (χ4v) is 1.92. The second-order valence-electron chi connectivity index (χ2n) is 3.96. The molecule has 1 aromatic carbocycles. The van der Waals surface area contributed by atoms with Gasteiger partial charge in [-0.05, 0) is 24.6 Å². The van der Waals surface area contributed by atoms with E-state index >= 15 is 0 Å². The number of hydrogen-bond donors (Lipinski definition) is 3. The number of carbonyl (C=O) groups is 1. The Labute approximate surface area is 118 Å². The molecule has 1 unspecified atom stereocenters. The minimum absolute atomic E-state index is 0.0961. The van der Waals surface area contributed by atoms with Crippen LogP contribution < -0.4 is 11.1 Å². The van der Waals surface area contributed by atoms with Crippen molar-refractivity contribution in [2.75, 3.05) is 0 Å². The van der Waals surface area contributed by atoms with Crippen LogP contribution >= 0.6 is 15.9 Å². The maximum absolute atomic E-state index is 13.5. The van der Waals surface area contributed by atoms with Crippen LogP contribution in [0.15, 0.2) is 27.8 Å². The molecule has 5 nitrogen and oxygen atoms in total. The monoisotopic (exact) mass is 331 g/mol. The smallest absolute Gasteiger partial charge is 0.254 e. The Hall–Kier alpha value is -1.63. The van der Waals surface area contributed by atoms with Crippen LogP contribution in [-0.2, 0) is 0 Å². The van der Waals surface area contributed by atoms with Gasteiger partial charge in [0.2, 0.25) is 0 Å². The van der Waals surface area contributed by atoms with Gasteiger partial charge < -0.3 is 16.3 Å². The number of oxime groups is 1. The Morgan fingerprint density at radius 1 is 1.63 bits per heavy atom. The fraction of sp³-hybridized carbons (Fsp3) is 0.333. The van der Waals surface area contributed by atoms with Crippen molar-refractivity contribution in [2.45, 2.75) is 25.8 Å². The summed E-state index contributed by atoms with van der Waals surface area (Å²) in [6, 6.07) is 3.44. The van der Waals surface area contributed by atoms with Gasteiger partial charge in [0.05, 0.1) is 11.6 Å². The van der Waals surface area contributed by atoms with Gasteiger partial charge in [0, 0.05) is 4.47 Å². The number of amidine groups is 1. The lowest BCUT2D eigenvalue weighted by atomic mass is 10.1. The fourth-order valence-electron chi connectivity index (χ4n) is 1.56. The molecule has 0 radical (unpaired) electrons. The zero-order valence-corrected chi connectivity index (χ0v) is 11.9. The van der Waals surface area contributed by atoms with Crippen molar-refractivity contribution < 1.29 is 14.4 Å². The van der Waals surface area contributed by atoms with Gasteiger partial charge in [-0.15, -0.1) is 0 Å². The number of nitrogens with zero attached hydrogens (tertiary/aromatic N) is 1. The van der Waals surface area contributed by atoms with Crippen LogP contribution in [0.2, 0.25) is 0 Å². The van der Waals surface area contributed by atoms with Crippen LogP contribution in [0.5, 0.6) is 0 Å². The number of rotatable bonds is 5. The molecule has 0 heterocycles. The average molecular weight is 332 g/mol. The minimum atomic E-state index is -0.629. The molecular formula is C12H15BrFN3O2. The predicted molar refractivity (Wildman–Crippen MR) is 73.7 cm³/mol. The molecule has 1 aromatic rings. The first kappa shape index (κ1) is 15.4. The van der Waals surface area contributed by atoms with Crippen molar-refractivity contribution in [1.82, 2.24) is 5.32 Å².